The third kappa shape index (κ3) is 5.10. The smallest absolute Gasteiger partial charge is 0.150 e. The van der Waals surface area contributed by atoms with Crippen LogP contribution in [0.3, 0.4) is 0 Å². The molecule has 2 N–H and O–H groups in total. The van der Waals surface area contributed by atoms with Crippen LogP contribution in [0.25, 0.3) is 0 Å². The van der Waals surface area contributed by atoms with Gasteiger partial charge in [-0.1, -0.05) is 55.2 Å². The molecule has 0 unspecified atom stereocenters. The molecule has 0 radical (unpaired) electrons. The van der Waals surface area contributed by atoms with Crippen molar-refractivity contribution >= 4 is 29.0 Å². The Bertz CT molecular complexity index is 1250. The molecule has 9 heteroatoms. The van der Waals surface area contributed by atoms with Crippen molar-refractivity contribution in [3.8, 4) is 6.07 Å². The van der Waals surface area contributed by atoms with Gasteiger partial charge in [0.2, 0.25) is 0 Å². The summed E-state index contributed by atoms with van der Waals surface area (Å²) in [6.45, 7) is 4.21. The van der Waals surface area contributed by atoms with Gasteiger partial charge in [0.25, 0.3) is 0 Å². The third-order valence-corrected chi connectivity index (χ3v) is 8.79. The molecule has 0 bridgehead atoms. The summed E-state index contributed by atoms with van der Waals surface area (Å²) in [5, 5.41) is 29.9. The Hall–Kier alpha value is -2.08. The monoisotopic (exact) mass is 564 g/mol. The highest BCUT2D eigenvalue weighted by Crippen LogP contribution is 2.58. The zero-order valence-corrected chi connectivity index (χ0v) is 22.9. The summed E-state index contributed by atoms with van der Waals surface area (Å²) in [6, 6.07) is 9.52. The maximum atomic E-state index is 15.7. The summed E-state index contributed by atoms with van der Waals surface area (Å²) in [4.78, 5) is 15.9. The van der Waals surface area contributed by atoms with E-state index in [1.54, 1.807) is 6.07 Å². The van der Waals surface area contributed by atoms with Gasteiger partial charge >= 0.3 is 0 Å². The largest absolute Gasteiger partial charge is 0.394 e. The van der Waals surface area contributed by atoms with Gasteiger partial charge < -0.3 is 10.2 Å². The van der Waals surface area contributed by atoms with Crippen molar-refractivity contribution < 1.29 is 23.8 Å². The Morgan fingerprint density at radius 1 is 1.26 bits per heavy atom. The molecule has 5 nitrogen and oxygen atoms in total. The topological polar surface area (TPSA) is 84.6 Å². The van der Waals surface area contributed by atoms with Crippen LogP contribution in [0.2, 0.25) is 10.0 Å². The van der Waals surface area contributed by atoms with E-state index >= 15 is 8.78 Å². The van der Waals surface area contributed by atoms with Gasteiger partial charge in [-0.15, -0.1) is 0 Å². The van der Waals surface area contributed by atoms with Crippen molar-refractivity contribution in [3.05, 3.63) is 69.2 Å². The van der Waals surface area contributed by atoms with Gasteiger partial charge in [-0.25, -0.2) is 8.78 Å². The molecule has 2 aromatic carbocycles. The number of aliphatic hydroxyl groups is 2. The average Bonchev–Trinajstić information content (AvgIpc) is 3.14. The van der Waals surface area contributed by atoms with E-state index in [-0.39, 0.29) is 45.2 Å². The van der Waals surface area contributed by atoms with Crippen molar-refractivity contribution in [1.29, 1.82) is 5.26 Å². The number of benzene rings is 2. The number of nitrogens with zero attached hydrogens (tertiary/aromatic N) is 2. The molecule has 0 spiro atoms. The summed E-state index contributed by atoms with van der Waals surface area (Å²) in [6.07, 6.45) is 0.868. The molecule has 2 fully saturated rings. The molecule has 38 heavy (non-hydrogen) atoms. The number of rotatable bonds is 8. The predicted octanol–water partition coefficient (Wildman–Crippen LogP) is 5.78. The van der Waals surface area contributed by atoms with Gasteiger partial charge in [-0.3, -0.25) is 9.69 Å². The van der Waals surface area contributed by atoms with Gasteiger partial charge in [0.1, 0.15) is 17.0 Å². The second-order valence-electron chi connectivity index (χ2n) is 11.2. The van der Waals surface area contributed by atoms with Crippen molar-refractivity contribution in [2.75, 3.05) is 13.2 Å². The Morgan fingerprint density at radius 3 is 2.66 bits per heavy atom. The quantitative estimate of drug-likeness (QED) is 0.424. The number of aliphatic hydroxyl groups excluding tert-OH is 2. The Morgan fingerprint density at radius 2 is 2.00 bits per heavy atom. The number of carbonyl (C=O) groups is 1. The minimum atomic E-state index is -1.61. The number of ketones is 1. The van der Waals surface area contributed by atoms with Crippen LogP contribution in [0.4, 0.5) is 8.78 Å². The predicted molar refractivity (Wildman–Crippen MR) is 142 cm³/mol. The molecular formula is C29H32Cl2F2N2O3. The van der Waals surface area contributed by atoms with E-state index in [0.717, 1.165) is 12.5 Å². The molecule has 2 heterocycles. The zero-order valence-electron chi connectivity index (χ0n) is 21.4. The lowest BCUT2D eigenvalue weighted by Crippen LogP contribution is -2.51. The van der Waals surface area contributed by atoms with Crippen molar-refractivity contribution in [3.63, 3.8) is 0 Å². The Labute approximate surface area is 232 Å². The number of hydrogen-bond donors (Lipinski definition) is 2. The van der Waals surface area contributed by atoms with Crippen LogP contribution in [0, 0.1) is 28.4 Å². The van der Waals surface area contributed by atoms with Crippen LogP contribution in [-0.2, 0) is 10.2 Å². The van der Waals surface area contributed by atoms with Crippen molar-refractivity contribution in [2.24, 2.45) is 5.41 Å². The number of fused-ring (bicyclic) bond motifs is 1. The molecule has 2 aliphatic rings. The normalized spacial score (nSPS) is 27.5. The van der Waals surface area contributed by atoms with Crippen LogP contribution in [0.5, 0.6) is 0 Å². The molecule has 4 rings (SSSR count). The first-order valence-corrected chi connectivity index (χ1v) is 13.6. The van der Waals surface area contributed by atoms with E-state index in [4.69, 9.17) is 28.3 Å². The first kappa shape index (κ1) is 28.9. The molecule has 0 saturated carbocycles. The molecule has 2 saturated heterocycles. The van der Waals surface area contributed by atoms with E-state index < -0.39 is 47.8 Å². The number of Topliss-reactive ketones (excluding diaryl/α,β-unsaturated/α-hetero) is 1. The van der Waals surface area contributed by atoms with Crippen LogP contribution in [0.15, 0.2) is 36.4 Å². The third-order valence-electron chi connectivity index (χ3n) is 8.26. The lowest BCUT2D eigenvalue weighted by molar-refractivity contribution is -0.125. The van der Waals surface area contributed by atoms with Crippen LogP contribution >= 0.6 is 23.2 Å². The minimum Gasteiger partial charge on any atom is -0.394 e. The van der Waals surface area contributed by atoms with Gasteiger partial charge in [-0.2, -0.15) is 5.26 Å². The van der Waals surface area contributed by atoms with E-state index in [1.165, 1.54) is 24.3 Å². The number of carbonyl (C=O) groups excluding carboxylic acids is 1. The highest BCUT2D eigenvalue weighted by Gasteiger charge is 2.65. The molecule has 5 atom stereocenters. The van der Waals surface area contributed by atoms with Crippen molar-refractivity contribution in [1.82, 2.24) is 4.90 Å². The standard InChI is InChI=1S/C29H32Cl2F2N2O3/c1-28(2)11-12-35-24(14-28)29(16-34,20-10-9-17(30)13-22(20)32)25(19-6-4-7-21(31)26(19)33)27(35)23(38)8-3-5-18(37)15-36/h4,6-7,9-10,13,18,24-25,27,36-37H,3,5,8,11-12,14-15H2,1-2H3/t18-,24-,25-,27-,29-/m0/s1. The van der Waals surface area contributed by atoms with Crippen LogP contribution in [0.1, 0.15) is 63.0 Å². The second-order valence-corrected chi connectivity index (χ2v) is 12.1. The van der Waals surface area contributed by atoms with E-state index in [9.17, 15) is 15.2 Å². The highest BCUT2D eigenvalue weighted by molar-refractivity contribution is 6.31. The summed E-state index contributed by atoms with van der Waals surface area (Å²) in [5.74, 6) is -2.69. The molecule has 2 aliphatic heterocycles. The van der Waals surface area contributed by atoms with Crippen LogP contribution in [-0.4, -0.2) is 52.2 Å². The molecular weight excluding hydrogens is 533 g/mol. The lowest BCUT2D eigenvalue weighted by atomic mass is 9.61. The van der Waals surface area contributed by atoms with E-state index in [2.05, 4.69) is 19.9 Å². The molecule has 2 aromatic rings. The average molecular weight is 565 g/mol. The maximum absolute atomic E-state index is 15.7. The summed E-state index contributed by atoms with van der Waals surface area (Å²) in [7, 11) is 0. The maximum Gasteiger partial charge on any atom is 0.150 e. The number of hydrogen-bond acceptors (Lipinski definition) is 5. The SMILES string of the molecule is CC1(C)CCN2[C@@H](C1)[C@](C#N)(c1ccc(Cl)cc1F)[C@@H](c1cccc(Cl)c1F)[C@@H]2C(=O)CCC[C@H](O)CO. The van der Waals surface area contributed by atoms with Gasteiger partial charge in [0, 0.05) is 29.0 Å². The first-order valence-electron chi connectivity index (χ1n) is 12.8. The molecule has 0 amide bonds. The van der Waals surface area contributed by atoms with E-state index in [0.29, 0.717) is 19.4 Å². The van der Waals surface area contributed by atoms with Gasteiger partial charge in [0.05, 0.1) is 29.8 Å². The lowest BCUT2D eigenvalue weighted by Gasteiger charge is -2.45. The fourth-order valence-electron chi connectivity index (χ4n) is 6.41. The Kier molecular flexibility index (Phi) is 8.52. The number of halogens is 4. The fourth-order valence-corrected chi connectivity index (χ4v) is 6.75. The molecule has 0 aromatic heterocycles. The summed E-state index contributed by atoms with van der Waals surface area (Å²) >= 11 is 12.3. The molecule has 204 valence electrons. The van der Waals surface area contributed by atoms with Gasteiger partial charge in [0.15, 0.2) is 5.78 Å². The summed E-state index contributed by atoms with van der Waals surface area (Å²) < 4.78 is 31.4. The highest BCUT2D eigenvalue weighted by atomic mass is 35.5. The molecule has 0 aliphatic carbocycles. The minimum absolute atomic E-state index is 0.0532. The number of piperidine rings is 1. The van der Waals surface area contributed by atoms with Crippen LogP contribution < -0.4 is 0 Å². The number of nitriles is 1. The van der Waals surface area contributed by atoms with Crippen molar-refractivity contribution in [2.45, 2.75) is 75.5 Å². The fraction of sp³-hybridized carbons (Fsp3) is 0.517. The first-order chi connectivity index (χ1) is 18.0. The second kappa shape index (κ2) is 11.2. The Balaban J connectivity index is 1.95. The van der Waals surface area contributed by atoms with E-state index in [1.807, 2.05) is 4.90 Å². The van der Waals surface area contributed by atoms with Gasteiger partial charge in [-0.05, 0) is 61.4 Å². The summed E-state index contributed by atoms with van der Waals surface area (Å²) in [5.41, 5.74) is -1.64. The zero-order chi connectivity index (χ0) is 27.8.